The average molecular weight is 742 g/mol. The van der Waals surface area contributed by atoms with Crippen LogP contribution in [0.5, 0.6) is 5.75 Å². The molecule has 0 bridgehead atoms. The molecular formula is C36H38Cl2N4O7S. The van der Waals surface area contributed by atoms with Crippen molar-refractivity contribution in [1.29, 1.82) is 0 Å². The summed E-state index contributed by atoms with van der Waals surface area (Å²) in [7, 11) is -3.35. The van der Waals surface area contributed by atoms with Crippen molar-refractivity contribution in [3.05, 3.63) is 128 Å². The molecule has 14 heteroatoms. The van der Waals surface area contributed by atoms with E-state index in [4.69, 9.17) is 27.9 Å². The Bertz CT molecular complexity index is 1930. The molecule has 50 heavy (non-hydrogen) atoms. The number of ether oxygens (including phenoxy) is 1. The van der Waals surface area contributed by atoms with Crippen LogP contribution in [-0.4, -0.2) is 56.3 Å². The van der Waals surface area contributed by atoms with Crippen LogP contribution in [-0.2, 0) is 32.6 Å². The molecule has 0 saturated heterocycles. The lowest BCUT2D eigenvalue weighted by atomic mass is 10.0. The summed E-state index contributed by atoms with van der Waals surface area (Å²) in [5.74, 6) is -1.05. The van der Waals surface area contributed by atoms with E-state index in [0.717, 1.165) is 28.8 Å². The molecule has 1 atom stereocenters. The fraction of sp³-hybridized carbons (Fsp3) is 0.278. The van der Waals surface area contributed by atoms with E-state index in [-0.39, 0.29) is 35.0 Å². The van der Waals surface area contributed by atoms with E-state index >= 15 is 0 Å². The Kier molecular flexibility index (Phi) is 13.2. The number of carbonyl (C=O) groups excluding carboxylic acids is 2. The van der Waals surface area contributed by atoms with E-state index in [9.17, 15) is 28.1 Å². The van der Waals surface area contributed by atoms with E-state index in [1.807, 2.05) is 37.3 Å². The van der Waals surface area contributed by atoms with Gasteiger partial charge >= 0.3 is 0 Å². The maximum atomic E-state index is 14.7. The van der Waals surface area contributed by atoms with Crippen molar-refractivity contribution < 1.29 is 27.7 Å². The van der Waals surface area contributed by atoms with Crippen LogP contribution in [0.4, 0.5) is 11.4 Å². The zero-order valence-electron chi connectivity index (χ0n) is 27.8. The molecule has 0 heterocycles. The molecule has 11 nitrogen and oxygen atoms in total. The smallest absolute Gasteiger partial charge is 0.273 e. The number of aryl methyl sites for hydroxylation is 1. The summed E-state index contributed by atoms with van der Waals surface area (Å²) < 4.78 is 35.2. The predicted molar refractivity (Wildman–Crippen MR) is 194 cm³/mol. The van der Waals surface area contributed by atoms with Gasteiger partial charge in [0.1, 0.15) is 18.3 Å². The number of halogens is 2. The first-order chi connectivity index (χ1) is 23.8. The SMILES string of the molecule is CCCCNC(=O)[C@H](Cc1ccccc1)N(Cc1ccc(Cl)cc1)C(=O)CN(c1cc(Cl)ccc1OC)S(=O)(=O)c1ccc(C)c([N+](=O)[O-])c1. The highest BCUT2D eigenvalue weighted by Crippen LogP contribution is 2.36. The number of unbranched alkanes of at least 4 members (excludes halogenated alkanes) is 1. The summed E-state index contributed by atoms with van der Waals surface area (Å²) in [6.45, 7) is 3.00. The number of hydrogen-bond acceptors (Lipinski definition) is 7. The van der Waals surface area contributed by atoms with Gasteiger partial charge in [0, 0.05) is 41.2 Å². The molecule has 0 unspecified atom stereocenters. The Hall–Kier alpha value is -4.65. The standard InChI is InChI=1S/C36H38Cl2N4O7S/c1-4-5-19-39-36(44)33(20-26-9-7-6-8-10-26)40(23-27-12-14-28(37)15-13-27)35(43)24-41(32-21-29(38)16-18-34(32)49-3)50(47,48)30-17-11-25(2)31(22-30)42(45)46/h6-18,21-22,33H,4-5,19-20,23-24H2,1-3H3,(H,39,44)/t33-/m0/s1. The highest BCUT2D eigenvalue weighted by molar-refractivity contribution is 7.92. The van der Waals surface area contributed by atoms with Gasteiger partial charge in [-0.25, -0.2) is 8.42 Å². The van der Waals surface area contributed by atoms with Gasteiger partial charge in [-0.2, -0.15) is 0 Å². The van der Waals surface area contributed by atoms with Gasteiger partial charge in [0.2, 0.25) is 11.8 Å². The maximum Gasteiger partial charge on any atom is 0.273 e. The molecule has 0 spiro atoms. The van der Waals surface area contributed by atoms with Gasteiger partial charge in [0.05, 0.1) is 22.6 Å². The summed E-state index contributed by atoms with van der Waals surface area (Å²) in [6, 6.07) is 22.7. The number of anilines is 1. The second kappa shape index (κ2) is 17.3. The lowest BCUT2D eigenvalue weighted by Gasteiger charge is -2.34. The van der Waals surface area contributed by atoms with Crippen LogP contribution in [0.2, 0.25) is 10.0 Å². The van der Waals surface area contributed by atoms with Crippen molar-refractivity contribution >= 4 is 56.4 Å². The number of rotatable bonds is 16. The van der Waals surface area contributed by atoms with Crippen molar-refractivity contribution in [2.45, 2.75) is 50.6 Å². The van der Waals surface area contributed by atoms with Gasteiger partial charge in [0.15, 0.2) is 0 Å². The number of nitro benzene ring substituents is 1. The zero-order chi connectivity index (χ0) is 36.4. The highest BCUT2D eigenvalue weighted by Gasteiger charge is 2.36. The normalized spacial score (nSPS) is 11.8. The molecule has 0 fully saturated rings. The maximum absolute atomic E-state index is 14.7. The lowest BCUT2D eigenvalue weighted by molar-refractivity contribution is -0.385. The second-order valence-corrected chi connectivity index (χ2v) is 14.3. The van der Waals surface area contributed by atoms with Gasteiger partial charge in [-0.3, -0.25) is 24.0 Å². The molecule has 0 aliphatic rings. The molecule has 0 aromatic heterocycles. The fourth-order valence-corrected chi connectivity index (χ4v) is 7.02. The second-order valence-electron chi connectivity index (χ2n) is 11.5. The van der Waals surface area contributed by atoms with E-state index < -0.39 is 49.9 Å². The van der Waals surface area contributed by atoms with E-state index in [2.05, 4.69) is 5.32 Å². The molecule has 2 amide bonds. The van der Waals surface area contributed by atoms with Crippen LogP contribution in [0.25, 0.3) is 0 Å². The Morgan fingerprint density at radius 1 is 0.940 bits per heavy atom. The molecule has 0 aliphatic heterocycles. The van der Waals surface area contributed by atoms with Crippen LogP contribution in [0.3, 0.4) is 0 Å². The van der Waals surface area contributed by atoms with Gasteiger partial charge in [-0.1, -0.05) is 85.1 Å². The molecule has 4 aromatic carbocycles. The molecule has 0 saturated carbocycles. The third kappa shape index (κ3) is 9.52. The molecule has 4 aromatic rings. The van der Waals surface area contributed by atoms with E-state index in [0.29, 0.717) is 17.1 Å². The fourth-order valence-electron chi connectivity index (χ4n) is 5.29. The summed E-state index contributed by atoms with van der Waals surface area (Å²) in [6.07, 6.45) is 1.69. The first kappa shape index (κ1) is 38.2. The first-order valence-corrected chi connectivity index (χ1v) is 18.0. The largest absolute Gasteiger partial charge is 0.495 e. The van der Waals surface area contributed by atoms with Crippen LogP contribution in [0.15, 0.2) is 95.9 Å². The minimum atomic E-state index is -4.68. The van der Waals surface area contributed by atoms with Crippen molar-refractivity contribution in [3.63, 3.8) is 0 Å². The Morgan fingerprint density at radius 3 is 2.26 bits per heavy atom. The van der Waals surface area contributed by atoms with Crippen molar-refractivity contribution in [2.24, 2.45) is 0 Å². The molecule has 4 rings (SSSR count). The number of methoxy groups -OCH3 is 1. The summed E-state index contributed by atoms with van der Waals surface area (Å²) in [5.41, 5.74) is 1.20. The number of nitrogens with zero attached hydrogens (tertiary/aromatic N) is 3. The summed E-state index contributed by atoms with van der Waals surface area (Å²) >= 11 is 12.5. The van der Waals surface area contributed by atoms with Crippen molar-refractivity contribution in [2.75, 3.05) is 24.5 Å². The highest BCUT2D eigenvalue weighted by atomic mass is 35.5. The van der Waals surface area contributed by atoms with Crippen LogP contribution in [0, 0.1) is 17.0 Å². The minimum absolute atomic E-state index is 0.0642. The van der Waals surface area contributed by atoms with E-state index in [1.165, 1.54) is 49.3 Å². The molecular weight excluding hydrogens is 703 g/mol. The molecule has 0 radical (unpaired) electrons. The number of carbonyl (C=O) groups is 2. The Balaban J connectivity index is 1.87. The number of nitro groups is 1. The van der Waals surface area contributed by atoms with Crippen molar-refractivity contribution in [3.8, 4) is 5.75 Å². The monoisotopic (exact) mass is 740 g/mol. The van der Waals surface area contributed by atoms with Gasteiger partial charge < -0.3 is 15.0 Å². The summed E-state index contributed by atoms with van der Waals surface area (Å²) in [4.78, 5) is 40.6. The quantitative estimate of drug-likeness (QED) is 0.0744. The molecule has 264 valence electrons. The zero-order valence-corrected chi connectivity index (χ0v) is 30.2. The number of amides is 2. The van der Waals surface area contributed by atoms with Gasteiger partial charge in [-0.05, 0) is 60.9 Å². The molecule has 1 N–H and O–H groups in total. The van der Waals surface area contributed by atoms with Gasteiger partial charge in [-0.15, -0.1) is 0 Å². The Morgan fingerprint density at radius 2 is 1.62 bits per heavy atom. The number of nitrogens with one attached hydrogen (secondary N) is 1. The number of sulfonamides is 1. The number of hydrogen-bond donors (Lipinski definition) is 1. The third-order valence-corrected chi connectivity index (χ3v) is 10.3. The minimum Gasteiger partial charge on any atom is -0.495 e. The molecule has 0 aliphatic carbocycles. The number of benzene rings is 4. The lowest BCUT2D eigenvalue weighted by Crippen LogP contribution is -2.53. The topological polar surface area (TPSA) is 139 Å². The summed E-state index contributed by atoms with van der Waals surface area (Å²) in [5, 5.41) is 15.3. The van der Waals surface area contributed by atoms with Crippen LogP contribution < -0.4 is 14.4 Å². The predicted octanol–water partition coefficient (Wildman–Crippen LogP) is 6.97. The van der Waals surface area contributed by atoms with E-state index in [1.54, 1.807) is 24.3 Å². The van der Waals surface area contributed by atoms with Crippen LogP contribution >= 0.6 is 23.2 Å². The Labute approximate surface area is 302 Å². The van der Waals surface area contributed by atoms with Gasteiger partial charge in [0.25, 0.3) is 15.7 Å². The van der Waals surface area contributed by atoms with Crippen LogP contribution in [0.1, 0.15) is 36.5 Å². The first-order valence-electron chi connectivity index (χ1n) is 15.8. The van der Waals surface area contributed by atoms with Crippen molar-refractivity contribution in [1.82, 2.24) is 10.2 Å². The third-order valence-electron chi connectivity index (χ3n) is 8.02. The average Bonchev–Trinajstić information content (AvgIpc) is 3.09.